The lowest BCUT2D eigenvalue weighted by molar-refractivity contribution is -0.119. The monoisotopic (exact) mass is 327 g/mol. The molecule has 2 fully saturated rings. The van der Waals surface area contributed by atoms with Crippen LogP contribution in [-0.4, -0.2) is 36.5 Å². The van der Waals surface area contributed by atoms with E-state index in [1.807, 2.05) is 0 Å². The third kappa shape index (κ3) is 2.94. The second kappa shape index (κ2) is 5.39. The molecule has 5 nitrogen and oxygen atoms in total. The number of hydrogen-bond donors (Lipinski definition) is 2. The molecule has 0 bridgehead atoms. The van der Waals surface area contributed by atoms with Crippen molar-refractivity contribution in [3.8, 4) is 0 Å². The molecule has 1 spiro atoms. The highest BCUT2D eigenvalue weighted by Gasteiger charge is 2.45. The molecule has 3 rings (SSSR count). The Bertz CT molecular complexity index is 608. The number of urea groups is 1. The fraction of sp³-hybridized carbons (Fsp3) is 0.429. The van der Waals surface area contributed by atoms with E-state index in [2.05, 4.69) is 10.6 Å². The van der Waals surface area contributed by atoms with Gasteiger partial charge in [0.1, 0.15) is 0 Å². The number of carbonyl (C=O) groups is 2. The van der Waals surface area contributed by atoms with E-state index in [4.69, 9.17) is 23.2 Å². The van der Waals surface area contributed by atoms with Crippen LogP contribution < -0.4 is 10.6 Å². The van der Waals surface area contributed by atoms with Crippen molar-refractivity contribution in [1.82, 2.24) is 10.2 Å². The maximum atomic E-state index is 12.3. The van der Waals surface area contributed by atoms with Gasteiger partial charge in [0.05, 0.1) is 10.0 Å². The zero-order valence-electron chi connectivity index (χ0n) is 11.3. The molecule has 1 unspecified atom stereocenters. The Hall–Kier alpha value is -1.46. The minimum atomic E-state index is -0.176. The molecular weight excluding hydrogens is 313 g/mol. The van der Waals surface area contributed by atoms with Crippen LogP contribution in [0.5, 0.6) is 0 Å². The average molecular weight is 328 g/mol. The second-order valence-electron chi connectivity index (χ2n) is 5.68. The average Bonchev–Trinajstić information content (AvgIpc) is 3.01. The van der Waals surface area contributed by atoms with Crippen molar-refractivity contribution < 1.29 is 9.59 Å². The first-order valence-corrected chi connectivity index (χ1v) is 7.51. The van der Waals surface area contributed by atoms with E-state index in [0.717, 1.165) is 6.42 Å². The Kier molecular flexibility index (Phi) is 3.71. The molecule has 2 heterocycles. The van der Waals surface area contributed by atoms with E-state index < -0.39 is 0 Å². The Morgan fingerprint density at radius 2 is 2.14 bits per heavy atom. The molecule has 0 saturated carbocycles. The number of carbonyl (C=O) groups excluding carboxylic acids is 2. The predicted octanol–water partition coefficient (Wildman–Crippen LogP) is 2.74. The number of benzene rings is 1. The summed E-state index contributed by atoms with van der Waals surface area (Å²) in [5.41, 5.74) is 0.516. The largest absolute Gasteiger partial charge is 0.355 e. The van der Waals surface area contributed by atoms with Gasteiger partial charge in [-0.05, 0) is 24.6 Å². The molecule has 1 aromatic rings. The van der Waals surface area contributed by atoms with Crippen molar-refractivity contribution in [2.24, 2.45) is 5.41 Å². The molecule has 3 amide bonds. The van der Waals surface area contributed by atoms with E-state index in [1.54, 1.807) is 23.1 Å². The summed E-state index contributed by atoms with van der Waals surface area (Å²) in [6.07, 6.45) is 1.35. The van der Waals surface area contributed by atoms with Crippen molar-refractivity contribution in [3.63, 3.8) is 0 Å². The highest BCUT2D eigenvalue weighted by atomic mass is 35.5. The van der Waals surface area contributed by atoms with E-state index in [9.17, 15) is 9.59 Å². The highest BCUT2D eigenvalue weighted by molar-refractivity contribution is 6.42. The predicted molar refractivity (Wildman–Crippen MR) is 81.7 cm³/mol. The van der Waals surface area contributed by atoms with E-state index in [0.29, 0.717) is 41.8 Å². The first kappa shape index (κ1) is 14.5. The van der Waals surface area contributed by atoms with Gasteiger partial charge < -0.3 is 15.5 Å². The van der Waals surface area contributed by atoms with Gasteiger partial charge in [0.2, 0.25) is 5.91 Å². The van der Waals surface area contributed by atoms with Crippen molar-refractivity contribution in [1.29, 1.82) is 0 Å². The first-order valence-electron chi connectivity index (χ1n) is 6.75. The molecule has 7 heteroatoms. The molecule has 2 aliphatic heterocycles. The maximum absolute atomic E-state index is 12.3. The summed E-state index contributed by atoms with van der Waals surface area (Å²) < 4.78 is 0. The van der Waals surface area contributed by atoms with Crippen LogP contribution in [0.1, 0.15) is 12.8 Å². The van der Waals surface area contributed by atoms with Crippen LogP contribution in [0.2, 0.25) is 10.0 Å². The summed E-state index contributed by atoms with van der Waals surface area (Å²) >= 11 is 11.8. The number of nitrogens with one attached hydrogen (secondary N) is 2. The highest BCUT2D eigenvalue weighted by Crippen LogP contribution is 2.36. The molecule has 112 valence electrons. The third-order valence-corrected chi connectivity index (χ3v) is 4.83. The lowest BCUT2D eigenvalue weighted by Crippen LogP contribution is -2.36. The maximum Gasteiger partial charge on any atom is 0.321 e. The van der Waals surface area contributed by atoms with E-state index >= 15 is 0 Å². The minimum absolute atomic E-state index is 0.0711. The van der Waals surface area contributed by atoms with E-state index in [1.165, 1.54) is 0 Å². The standard InChI is InChI=1S/C14H15Cl2N3O2/c15-10-2-1-9(5-11(10)16)18-13(21)19-4-3-14(8-19)6-12(20)17-7-14/h1-2,5H,3-4,6-8H2,(H,17,20)(H,18,21). The molecule has 0 aliphatic carbocycles. The third-order valence-electron chi connectivity index (χ3n) is 4.09. The molecule has 2 saturated heterocycles. The number of nitrogens with zero attached hydrogens (tertiary/aromatic N) is 1. The number of amides is 3. The van der Waals surface area contributed by atoms with Gasteiger partial charge in [-0.3, -0.25) is 4.79 Å². The summed E-state index contributed by atoms with van der Waals surface area (Å²) in [7, 11) is 0. The van der Waals surface area contributed by atoms with Crippen molar-refractivity contribution in [2.75, 3.05) is 25.0 Å². The van der Waals surface area contributed by atoms with Gasteiger partial charge in [-0.15, -0.1) is 0 Å². The van der Waals surface area contributed by atoms with Gasteiger partial charge >= 0.3 is 6.03 Å². The van der Waals surface area contributed by atoms with Crippen LogP contribution in [0.3, 0.4) is 0 Å². The minimum Gasteiger partial charge on any atom is -0.355 e. The zero-order chi connectivity index (χ0) is 15.0. The molecule has 1 aromatic carbocycles. The smallest absolute Gasteiger partial charge is 0.321 e. The fourth-order valence-electron chi connectivity index (χ4n) is 2.93. The number of hydrogen-bond acceptors (Lipinski definition) is 2. The summed E-state index contributed by atoms with van der Waals surface area (Å²) in [6, 6.07) is 4.79. The molecular formula is C14H15Cl2N3O2. The number of rotatable bonds is 1. The lowest BCUT2D eigenvalue weighted by Gasteiger charge is -2.22. The summed E-state index contributed by atoms with van der Waals surface area (Å²) in [5, 5.41) is 6.50. The number of likely N-dealkylation sites (tertiary alicyclic amines) is 1. The second-order valence-corrected chi connectivity index (χ2v) is 6.50. The van der Waals surface area contributed by atoms with Gasteiger partial charge in [-0.1, -0.05) is 23.2 Å². The van der Waals surface area contributed by atoms with Gasteiger partial charge in [-0.25, -0.2) is 4.79 Å². The molecule has 2 aliphatic rings. The SMILES string of the molecule is O=C1CC2(CCN(C(=O)Nc3ccc(Cl)c(Cl)c3)C2)CN1. The summed E-state index contributed by atoms with van der Waals surface area (Å²) in [5.74, 6) is 0.0711. The fourth-order valence-corrected chi connectivity index (χ4v) is 3.22. The Labute approximate surface area is 132 Å². The zero-order valence-corrected chi connectivity index (χ0v) is 12.8. The number of halogens is 2. The van der Waals surface area contributed by atoms with Crippen LogP contribution in [-0.2, 0) is 4.79 Å². The van der Waals surface area contributed by atoms with Gasteiger partial charge in [-0.2, -0.15) is 0 Å². The van der Waals surface area contributed by atoms with Gasteiger partial charge in [0.25, 0.3) is 0 Å². The molecule has 0 aromatic heterocycles. The van der Waals surface area contributed by atoms with Crippen LogP contribution >= 0.6 is 23.2 Å². The van der Waals surface area contributed by atoms with Crippen LogP contribution in [0.4, 0.5) is 10.5 Å². The quantitative estimate of drug-likeness (QED) is 0.833. The molecule has 1 atom stereocenters. The molecule has 0 radical (unpaired) electrons. The van der Waals surface area contributed by atoms with Gasteiger partial charge in [0, 0.05) is 37.2 Å². The van der Waals surface area contributed by atoms with E-state index in [-0.39, 0.29) is 17.4 Å². The van der Waals surface area contributed by atoms with Crippen molar-refractivity contribution >= 4 is 40.8 Å². The van der Waals surface area contributed by atoms with Crippen LogP contribution in [0.25, 0.3) is 0 Å². The normalized spacial score (nSPS) is 24.5. The first-order chi connectivity index (χ1) is 9.97. The Morgan fingerprint density at radius 3 is 2.81 bits per heavy atom. The number of anilines is 1. The molecule has 21 heavy (non-hydrogen) atoms. The topological polar surface area (TPSA) is 61.4 Å². The molecule has 2 N–H and O–H groups in total. The summed E-state index contributed by atoms with van der Waals surface area (Å²) in [6.45, 7) is 1.91. The van der Waals surface area contributed by atoms with Gasteiger partial charge in [0.15, 0.2) is 0 Å². The van der Waals surface area contributed by atoms with Crippen molar-refractivity contribution in [3.05, 3.63) is 28.2 Å². The Balaban J connectivity index is 1.64. The summed E-state index contributed by atoms with van der Waals surface area (Å²) in [4.78, 5) is 25.4. The van der Waals surface area contributed by atoms with Crippen LogP contribution in [0.15, 0.2) is 18.2 Å². The van der Waals surface area contributed by atoms with Crippen molar-refractivity contribution in [2.45, 2.75) is 12.8 Å². The Morgan fingerprint density at radius 1 is 1.33 bits per heavy atom. The van der Waals surface area contributed by atoms with Crippen LogP contribution in [0, 0.1) is 5.41 Å². The lowest BCUT2D eigenvalue weighted by atomic mass is 9.86.